The third-order valence-electron chi connectivity index (χ3n) is 2.01. The highest BCUT2D eigenvalue weighted by Gasteiger charge is 2.22. The van der Waals surface area contributed by atoms with E-state index in [1.165, 1.54) is 17.7 Å². The van der Waals surface area contributed by atoms with Gasteiger partial charge in [-0.2, -0.15) is 0 Å². The lowest BCUT2D eigenvalue weighted by Gasteiger charge is -2.04. The van der Waals surface area contributed by atoms with Crippen molar-refractivity contribution in [2.45, 2.75) is 23.0 Å². The predicted octanol–water partition coefficient (Wildman–Crippen LogP) is 2.40. The first-order valence-corrected chi connectivity index (χ1v) is 5.73. The topological polar surface area (TPSA) is 46.5 Å². The number of benzene rings is 1. The summed E-state index contributed by atoms with van der Waals surface area (Å²) in [5, 5.41) is 9.22. The van der Waals surface area contributed by atoms with Crippen LogP contribution in [-0.4, -0.2) is 22.9 Å². The second-order valence-corrected chi connectivity index (χ2v) is 4.84. The molecule has 1 aromatic carbocycles. The van der Waals surface area contributed by atoms with Gasteiger partial charge in [0.1, 0.15) is 5.75 Å². The first kappa shape index (κ1) is 10.4. The van der Waals surface area contributed by atoms with E-state index in [1.807, 2.05) is 36.0 Å². The van der Waals surface area contributed by atoms with Crippen LogP contribution in [0.2, 0.25) is 0 Å². The van der Waals surface area contributed by atoms with Crippen LogP contribution >= 0.6 is 11.8 Å². The molecule has 0 heterocycles. The van der Waals surface area contributed by atoms with Crippen molar-refractivity contribution in [2.75, 3.05) is 6.61 Å². The average molecular weight is 224 g/mol. The summed E-state index contributed by atoms with van der Waals surface area (Å²) in [6.07, 6.45) is 2.61. The van der Waals surface area contributed by atoms with E-state index in [1.54, 1.807) is 0 Å². The largest absolute Gasteiger partial charge is 0.482 e. The molecule has 0 spiro atoms. The van der Waals surface area contributed by atoms with Crippen molar-refractivity contribution in [2.24, 2.45) is 0 Å². The van der Waals surface area contributed by atoms with Gasteiger partial charge in [-0.1, -0.05) is 0 Å². The highest BCUT2D eigenvalue weighted by Crippen LogP contribution is 2.39. The van der Waals surface area contributed by atoms with Crippen molar-refractivity contribution < 1.29 is 14.6 Å². The minimum atomic E-state index is -0.952. The van der Waals surface area contributed by atoms with Crippen LogP contribution in [0.5, 0.6) is 5.75 Å². The second kappa shape index (κ2) is 4.57. The zero-order valence-electron chi connectivity index (χ0n) is 8.18. The van der Waals surface area contributed by atoms with E-state index in [-0.39, 0.29) is 6.61 Å². The van der Waals surface area contributed by atoms with Gasteiger partial charge in [0.2, 0.25) is 0 Å². The molecule has 0 aliphatic heterocycles. The number of aliphatic carboxylic acids is 1. The van der Waals surface area contributed by atoms with Gasteiger partial charge in [0.05, 0.1) is 0 Å². The Bertz CT molecular complexity index is 343. The van der Waals surface area contributed by atoms with E-state index < -0.39 is 5.97 Å². The molecule has 15 heavy (non-hydrogen) atoms. The Morgan fingerprint density at radius 1 is 1.40 bits per heavy atom. The minimum absolute atomic E-state index is 0.283. The smallest absolute Gasteiger partial charge is 0.341 e. The molecule has 2 rings (SSSR count). The normalized spacial score (nSPS) is 14.9. The lowest BCUT2D eigenvalue weighted by molar-refractivity contribution is -0.139. The summed E-state index contributed by atoms with van der Waals surface area (Å²) in [5.41, 5.74) is 0. The fourth-order valence-corrected chi connectivity index (χ4v) is 2.19. The standard InChI is InChI=1S/C11H12O3S/c12-11(13)7-14-8-1-3-9(4-2-8)15-10-5-6-10/h1-4,10H,5-7H2,(H,12,13). The van der Waals surface area contributed by atoms with Crippen molar-refractivity contribution in [1.82, 2.24) is 0 Å². The Hall–Kier alpha value is -1.16. The van der Waals surface area contributed by atoms with E-state index in [0.717, 1.165) is 5.25 Å². The van der Waals surface area contributed by atoms with Crippen LogP contribution in [0.3, 0.4) is 0 Å². The summed E-state index contributed by atoms with van der Waals surface area (Å²) >= 11 is 1.87. The monoisotopic (exact) mass is 224 g/mol. The molecule has 0 saturated heterocycles. The Morgan fingerprint density at radius 2 is 2.07 bits per heavy atom. The van der Waals surface area contributed by atoms with Crippen molar-refractivity contribution >= 4 is 17.7 Å². The Balaban J connectivity index is 1.87. The first-order chi connectivity index (χ1) is 7.24. The summed E-state index contributed by atoms with van der Waals surface area (Å²) in [6, 6.07) is 7.57. The van der Waals surface area contributed by atoms with Gasteiger partial charge in [0.25, 0.3) is 0 Å². The van der Waals surface area contributed by atoms with Crippen LogP contribution in [-0.2, 0) is 4.79 Å². The van der Waals surface area contributed by atoms with Gasteiger partial charge in [0.15, 0.2) is 6.61 Å². The summed E-state index contributed by atoms with van der Waals surface area (Å²) in [6.45, 7) is -0.283. The number of carboxylic acids is 1. The van der Waals surface area contributed by atoms with Gasteiger partial charge in [-0.15, -0.1) is 11.8 Å². The molecular weight excluding hydrogens is 212 g/mol. The maximum Gasteiger partial charge on any atom is 0.341 e. The number of carboxylic acid groups (broad SMARTS) is 1. The molecule has 1 N–H and O–H groups in total. The Morgan fingerprint density at radius 3 is 2.60 bits per heavy atom. The third kappa shape index (κ3) is 3.47. The van der Waals surface area contributed by atoms with E-state index >= 15 is 0 Å². The average Bonchev–Trinajstić information content (AvgIpc) is 3.01. The molecule has 1 fully saturated rings. The number of thioether (sulfide) groups is 1. The van der Waals surface area contributed by atoms with Crippen LogP contribution in [0.1, 0.15) is 12.8 Å². The van der Waals surface area contributed by atoms with Gasteiger partial charge >= 0.3 is 5.97 Å². The highest BCUT2D eigenvalue weighted by molar-refractivity contribution is 8.00. The number of hydrogen-bond acceptors (Lipinski definition) is 3. The van der Waals surface area contributed by atoms with Crippen LogP contribution < -0.4 is 4.74 Å². The fourth-order valence-electron chi connectivity index (χ4n) is 1.14. The van der Waals surface area contributed by atoms with Crippen molar-refractivity contribution in [1.29, 1.82) is 0 Å². The molecule has 0 unspecified atom stereocenters. The van der Waals surface area contributed by atoms with Gasteiger partial charge in [-0.3, -0.25) is 0 Å². The van der Waals surface area contributed by atoms with E-state index in [4.69, 9.17) is 9.84 Å². The zero-order chi connectivity index (χ0) is 10.7. The summed E-state index contributed by atoms with van der Waals surface area (Å²) in [4.78, 5) is 11.5. The molecule has 1 saturated carbocycles. The quantitative estimate of drug-likeness (QED) is 0.834. The van der Waals surface area contributed by atoms with Gasteiger partial charge in [0, 0.05) is 10.1 Å². The molecule has 80 valence electrons. The van der Waals surface area contributed by atoms with Crippen LogP contribution in [0.15, 0.2) is 29.2 Å². The molecule has 0 bridgehead atoms. The molecule has 0 aromatic heterocycles. The SMILES string of the molecule is O=C(O)COc1ccc(SC2CC2)cc1. The van der Waals surface area contributed by atoms with Gasteiger partial charge in [-0.05, 0) is 37.1 Å². The molecule has 1 aromatic rings. The van der Waals surface area contributed by atoms with Crippen molar-refractivity contribution in [3.63, 3.8) is 0 Å². The van der Waals surface area contributed by atoms with Crippen LogP contribution in [0, 0.1) is 0 Å². The third-order valence-corrected chi connectivity index (χ3v) is 3.36. The molecule has 3 nitrogen and oxygen atoms in total. The number of rotatable bonds is 5. The van der Waals surface area contributed by atoms with Gasteiger partial charge < -0.3 is 9.84 Å². The Kier molecular flexibility index (Phi) is 3.16. The molecule has 0 atom stereocenters. The molecular formula is C11H12O3S. The fraction of sp³-hybridized carbons (Fsp3) is 0.364. The van der Waals surface area contributed by atoms with Gasteiger partial charge in [-0.25, -0.2) is 4.79 Å². The predicted molar refractivity (Wildman–Crippen MR) is 58.5 cm³/mol. The number of carbonyl (C=O) groups is 1. The lowest BCUT2D eigenvalue weighted by atomic mass is 10.3. The number of hydrogen-bond donors (Lipinski definition) is 1. The Labute approximate surface area is 92.4 Å². The molecule has 1 aliphatic rings. The molecule has 0 radical (unpaired) electrons. The lowest BCUT2D eigenvalue weighted by Crippen LogP contribution is -2.09. The molecule has 4 heteroatoms. The molecule has 1 aliphatic carbocycles. The van der Waals surface area contributed by atoms with Crippen molar-refractivity contribution in [3.8, 4) is 5.75 Å². The van der Waals surface area contributed by atoms with E-state index in [9.17, 15) is 4.79 Å². The van der Waals surface area contributed by atoms with E-state index in [2.05, 4.69) is 0 Å². The maximum atomic E-state index is 10.3. The molecule has 0 amide bonds. The minimum Gasteiger partial charge on any atom is -0.482 e. The highest BCUT2D eigenvalue weighted by atomic mass is 32.2. The van der Waals surface area contributed by atoms with E-state index in [0.29, 0.717) is 5.75 Å². The van der Waals surface area contributed by atoms with Crippen LogP contribution in [0.25, 0.3) is 0 Å². The maximum absolute atomic E-state index is 10.3. The van der Waals surface area contributed by atoms with Crippen molar-refractivity contribution in [3.05, 3.63) is 24.3 Å². The summed E-state index contributed by atoms with van der Waals surface area (Å²) < 4.78 is 5.03. The number of ether oxygens (including phenoxy) is 1. The summed E-state index contributed by atoms with van der Waals surface area (Å²) in [5.74, 6) is -0.344. The first-order valence-electron chi connectivity index (χ1n) is 4.85. The van der Waals surface area contributed by atoms with Crippen LogP contribution in [0.4, 0.5) is 0 Å². The second-order valence-electron chi connectivity index (χ2n) is 3.47. The zero-order valence-corrected chi connectivity index (χ0v) is 9.00. The summed E-state index contributed by atoms with van der Waals surface area (Å²) in [7, 11) is 0.